The molecule has 33 heavy (non-hydrogen) atoms. The lowest BCUT2D eigenvalue weighted by Gasteiger charge is -2.34. The summed E-state index contributed by atoms with van der Waals surface area (Å²) in [5, 5.41) is 7.80. The number of thiazole rings is 1. The molecule has 0 fully saturated rings. The third-order valence-electron chi connectivity index (χ3n) is 5.19. The van der Waals surface area contributed by atoms with Crippen LogP contribution >= 0.6 is 11.3 Å². The van der Waals surface area contributed by atoms with Gasteiger partial charge in [0.05, 0.1) is 6.61 Å². The first-order valence-electron chi connectivity index (χ1n) is 10.7. The molecule has 0 aliphatic heterocycles. The molecule has 1 aromatic heterocycles. The van der Waals surface area contributed by atoms with Gasteiger partial charge >= 0.3 is 0 Å². The van der Waals surface area contributed by atoms with E-state index >= 15 is 0 Å². The second kappa shape index (κ2) is 12.4. The van der Waals surface area contributed by atoms with E-state index in [1.54, 1.807) is 11.6 Å². The fourth-order valence-electron chi connectivity index (χ4n) is 3.03. The molecule has 3 amide bonds. The standard InChI is InChI=1S/C23H31FN4O4S/c1-5-23(2,3)27-21(31)20(16-6-8-17(24)9-7-16)28(13-14-32-4)19(30)11-10-18(29)26-22-25-12-15-33-22/h6-9,12,15,20H,5,10-11,13-14H2,1-4H3,(H,27,31)(H,25,26,29)/t20-/m0/s1. The van der Waals surface area contributed by atoms with Gasteiger partial charge in [0.25, 0.3) is 0 Å². The second-order valence-electron chi connectivity index (χ2n) is 8.15. The Hall–Kier alpha value is -2.85. The van der Waals surface area contributed by atoms with Gasteiger partial charge in [-0.15, -0.1) is 11.3 Å². The molecule has 2 rings (SSSR count). The Kier molecular flexibility index (Phi) is 9.93. The summed E-state index contributed by atoms with van der Waals surface area (Å²) in [5.41, 5.74) is -0.0312. The number of hydrogen-bond donors (Lipinski definition) is 2. The summed E-state index contributed by atoms with van der Waals surface area (Å²) in [5.74, 6) is -1.56. The molecule has 1 atom stereocenters. The number of hydrogen-bond acceptors (Lipinski definition) is 6. The molecular weight excluding hydrogens is 447 g/mol. The highest BCUT2D eigenvalue weighted by Gasteiger charge is 2.33. The molecule has 8 nitrogen and oxygen atoms in total. The van der Waals surface area contributed by atoms with Gasteiger partial charge in [-0.25, -0.2) is 9.37 Å². The van der Waals surface area contributed by atoms with Crippen molar-refractivity contribution >= 4 is 34.2 Å². The van der Waals surface area contributed by atoms with Crippen molar-refractivity contribution in [2.24, 2.45) is 0 Å². The van der Waals surface area contributed by atoms with E-state index in [4.69, 9.17) is 4.74 Å². The predicted molar refractivity (Wildman–Crippen MR) is 125 cm³/mol. The van der Waals surface area contributed by atoms with Crippen molar-refractivity contribution in [1.29, 1.82) is 0 Å². The first-order valence-corrected chi connectivity index (χ1v) is 11.6. The van der Waals surface area contributed by atoms with Crippen LogP contribution in [0.25, 0.3) is 0 Å². The molecule has 2 N–H and O–H groups in total. The maximum atomic E-state index is 13.6. The lowest BCUT2D eigenvalue weighted by Crippen LogP contribution is -2.51. The lowest BCUT2D eigenvalue weighted by atomic mass is 9.98. The van der Waals surface area contributed by atoms with Crippen LogP contribution in [0.3, 0.4) is 0 Å². The van der Waals surface area contributed by atoms with Crippen LogP contribution in [0.2, 0.25) is 0 Å². The molecule has 1 heterocycles. The largest absolute Gasteiger partial charge is 0.383 e. The summed E-state index contributed by atoms with van der Waals surface area (Å²) in [7, 11) is 1.50. The van der Waals surface area contributed by atoms with E-state index in [2.05, 4.69) is 15.6 Å². The zero-order valence-electron chi connectivity index (χ0n) is 19.4. The minimum absolute atomic E-state index is 0.0693. The van der Waals surface area contributed by atoms with Crippen molar-refractivity contribution < 1.29 is 23.5 Å². The van der Waals surface area contributed by atoms with Crippen LogP contribution in [0.15, 0.2) is 35.8 Å². The van der Waals surface area contributed by atoms with E-state index < -0.39 is 17.4 Å². The maximum Gasteiger partial charge on any atom is 0.247 e. The number of ether oxygens (including phenoxy) is 1. The van der Waals surface area contributed by atoms with E-state index in [0.29, 0.717) is 17.1 Å². The number of carbonyl (C=O) groups is 3. The minimum atomic E-state index is -0.999. The molecule has 0 saturated carbocycles. The highest BCUT2D eigenvalue weighted by atomic mass is 32.1. The summed E-state index contributed by atoms with van der Waals surface area (Å²) in [6, 6.07) is 4.48. The zero-order valence-corrected chi connectivity index (χ0v) is 20.2. The Balaban J connectivity index is 2.25. The van der Waals surface area contributed by atoms with Gasteiger partial charge in [0, 0.05) is 43.6 Å². The van der Waals surface area contributed by atoms with Crippen molar-refractivity contribution in [1.82, 2.24) is 15.2 Å². The molecule has 0 aliphatic rings. The quantitative estimate of drug-likeness (QED) is 0.486. The van der Waals surface area contributed by atoms with Crippen LogP contribution in [0.5, 0.6) is 0 Å². The van der Waals surface area contributed by atoms with Gasteiger partial charge in [-0.1, -0.05) is 19.1 Å². The first kappa shape index (κ1) is 26.4. The van der Waals surface area contributed by atoms with Crippen LogP contribution in [-0.4, -0.2) is 53.4 Å². The molecule has 180 valence electrons. The second-order valence-corrected chi connectivity index (χ2v) is 9.04. The van der Waals surface area contributed by atoms with Crippen LogP contribution < -0.4 is 10.6 Å². The zero-order chi connectivity index (χ0) is 24.4. The van der Waals surface area contributed by atoms with Crippen LogP contribution in [0, 0.1) is 5.82 Å². The molecule has 0 unspecified atom stereocenters. The van der Waals surface area contributed by atoms with E-state index in [-0.39, 0.29) is 43.7 Å². The van der Waals surface area contributed by atoms with Gasteiger partial charge in [-0.05, 0) is 38.0 Å². The SMILES string of the molecule is CCC(C)(C)NC(=O)[C@H](c1ccc(F)cc1)N(CCOC)C(=O)CCC(=O)Nc1nccs1. The molecule has 0 spiro atoms. The Morgan fingerprint density at radius 2 is 1.91 bits per heavy atom. The van der Waals surface area contributed by atoms with E-state index in [0.717, 1.165) is 0 Å². The van der Waals surface area contributed by atoms with E-state index in [1.165, 1.54) is 47.6 Å². The average Bonchev–Trinajstić information content (AvgIpc) is 3.28. The highest BCUT2D eigenvalue weighted by Crippen LogP contribution is 2.25. The average molecular weight is 479 g/mol. The van der Waals surface area contributed by atoms with Crippen LogP contribution in [0.1, 0.15) is 51.6 Å². The van der Waals surface area contributed by atoms with Crippen LogP contribution in [0.4, 0.5) is 9.52 Å². The lowest BCUT2D eigenvalue weighted by molar-refractivity contribution is -0.142. The molecule has 2 aromatic rings. The fraction of sp³-hybridized carbons (Fsp3) is 0.478. The topological polar surface area (TPSA) is 101 Å². The van der Waals surface area contributed by atoms with Crippen molar-refractivity contribution in [3.05, 3.63) is 47.2 Å². The monoisotopic (exact) mass is 478 g/mol. The molecule has 10 heteroatoms. The van der Waals surface area contributed by atoms with E-state index in [9.17, 15) is 18.8 Å². The fourth-order valence-corrected chi connectivity index (χ4v) is 3.57. The highest BCUT2D eigenvalue weighted by molar-refractivity contribution is 7.13. The normalized spacial score (nSPS) is 12.2. The van der Waals surface area contributed by atoms with Gasteiger partial charge in [0.15, 0.2) is 5.13 Å². The van der Waals surface area contributed by atoms with E-state index in [1.807, 2.05) is 20.8 Å². The molecule has 0 saturated heterocycles. The van der Waals surface area contributed by atoms with Gasteiger partial charge in [-0.2, -0.15) is 0 Å². The number of amides is 3. The first-order chi connectivity index (χ1) is 15.7. The third-order valence-corrected chi connectivity index (χ3v) is 5.88. The summed E-state index contributed by atoms with van der Waals surface area (Å²) >= 11 is 1.28. The summed E-state index contributed by atoms with van der Waals surface area (Å²) in [6.45, 7) is 6.04. The Morgan fingerprint density at radius 1 is 1.21 bits per heavy atom. The Labute approximate surface area is 197 Å². The maximum absolute atomic E-state index is 13.6. The van der Waals surface area contributed by atoms with Crippen molar-refractivity contribution in [3.63, 3.8) is 0 Å². The number of methoxy groups -OCH3 is 1. The number of aromatic nitrogens is 1. The van der Waals surface area contributed by atoms with Crippen molar-refractivity contribution in [2.45, 2.75) is 51.6 Å². The number of carbonyl (C=O) groups excluding carboxylic acids is 3. The number of benzene rings is 1. The number of nitrogens with zero attached hydrogens (tertiary/aromatic N) is 2. The smallest absolute Gasteiger partial charge is 0.247 e. The summed E-state index contributed by atoms with van der Waals surface area (Å²) in [6.07, 6.45) is 2.07. The molecule has 1 aromatic carbocycles. The van der Waals surface area contributed by atoms with Crippen LogP contribution in [-0.2, 0) is 19.1 Å². The Morgan fingerprint density at radius 3 is 2.48 bits per heavy atom. The number of anilines is 1. The van der Waals surface area contributed by atoms with Gasteiger partial charge < -0.3 is 20.3 Å². The molecule has 0 radical (unpaired) electrons. The van der Waals surface area contributed by atoms with Gasteiger partial charge in [0.2, 0.25) is 17.7 Å². The molecule has 0 bridgehead atoms. The van der Waals surface area contributed by atoms with Crippen molar-refractivity contribution in [3.8, 4) is 0 Å². The minimum Gasteiger partial charge on any atom is -0.383 e. The summed E-state index contributed by atoms with van der Waals surface area (Å²) < 4.78 is 18.7. The predicted octanol–water partition coefficient (Wildman–Crippen LogP) is 3.52. The van der Waals surface area contributed by atoms with Gasteiger partial charge in [0.1, 0.15) is 11.9 Å². The van der Waals surface area contributed by atoms with Gasteiger partial charge in [-0.3, -0.25) is 14.4 Å². The van der Waals surface area contributed by atoms with Crippen molar-refractivity contribution in [2.75, 3.05) is 25.6 Å². The molecule has 0 aliphatic carbocycles. The Bertz CT molecular complexity index is 919. The summed E-state index contributed by atoms with van der Waals surface area (Å²) in [4.78, 5) is 44.1. The number of rotatable bonds is 12. The third kappa shape index (κ3) is 8.21. The number of nitrogens with one attached hydrogen (secondary N) is 2. The molecular formula is C23H31FN4O4S. The number of halogens is 1.